The van der Waals surface area contributed by atoms with Crippen LogP contribution in [0.3, 0.4) is 0 Å². The highest BCUT2D eigenvalue weighted by Crippen LogP contribution is 2.44. The molecule has 3 aliphatic rings. The van der Waals surface area contributed by atoms with Crippen LogP contribution < -0.4 is 10.6 Å². The minimum Gasteiger partial charge on any atom is -0.381 e. The molecule has 0 bridgehead atoms. The maximum Gasteiger partial charge on any atom is 0.0528 e. The van der Waals surface area contributed by atoms with Crippen LogP contribution in [0.15, 0.2) is 0 Å². The van der Waals surface area contributed by atoms with Crippen molar-refractivity contribution in [2.75, 3.05) is 32.8 Å². The molecule has 3 fully saturated rings. The third kappa shape index (κ3) is 1.39. The van der Waals surface area contributed by atoms with E-state index in [1.165, 1.54) is 32.5 Å². The molecule has 1 spiro atoms. The highest BCUT2D eigenvalue weighted by molar-refractivity contribution is 5.05. The highest BCUT2D eigenvalue weighted by atomic mass is 16.5. The number of rotatable bonds is 3. The van der Waals surface area contributed by atoms with Crippen LogP contribution in [0.25, 0.3) is 0 Å². The average molecular weight is 182 g/mol. The van der Waals surface area contributed by atoms with Gasteiger partial charge in [0.25, 0.3) is 0 Å². The summed E-state index contributed by atoms with van der Waals surface area (Å²) in [6, 6.07) is 0.808. The summed E-state index contributed by atoms with van der Waals surface area (Å²) in [5.41, 5.74) is 0.716. The van der Waals surface area contributed by atoms with Crippen molar-refractivity contribution in [1.82, 2.24) is 10.6 Å². The topological polar surface area (TPSA) is 33.3 Å². The van der Waals surface area contributed by atoms with Gasteiger partial charge in [0.15, 0.2) is 0 Å². The van der Waals surface area contributed by atoms with E-state index in [0.29, 0.717) is 5.41 Å². The van der Waals surface area contributed by atoms with Gasteiger partial charge in [-0.2, -0.15) is 0 Å². The monoisotopic (exact) mass is 182 g/mol. The maximum atomic E-state index is 5.14. The van der Waals surface area contributed by atoms with Crippen LogP contribution in [0.4, 0.5) is 0 Å². The molecule has 13 heavy (non-hydrogen) atoms. The summed E-state index contributed by atoms with van der Waals surface area (Å²) in [4.78, 5) is 0. The van der Waals surface area contributed by atoms with Crippen LogP contribution in [0.5, 0.6) is 0 Å². The van der Waals surface area contributed by atoms with E-state index in [1.54, 1.807) is 0 Å². The number of nitrogens with one attached hydrogen (secondary N) is 2. The number of hydrogen-bond donors (Lipinski definition) is 2. The summed E-state index contributed by atoms with van der Waals surface area (Å²) in [7, 11) is 0. The molecule has 2 heterocycles. The second-order valence-electron chi connectivity index (χ2n) is 5.02. The number of hydrogen-bond acceptors (Lipinski definition) is 3. The van der Waals surface area contributed by atoms with Crippen molar-refractivity contribution in [2.24, 2.45) is 11.3 Å². The normalized spacial score (nSPS) is 32.3. The van der Waals surface area contributed by atoms with E-state index in [1.807, 2.05) is 0 Å². The molecule has 74 valence electrons. The van der Waals surface area contributed by atoms with Crippen LogP contribution >= 0.6 is 0 Å². The lowest BCUT2D eigenvalue weighted by molar-refractivity contribution is -0.0396. The smallest absolute Gasteiger partial charge is 0.0528 e. The molecule has 0 atom stereocenters. The van der Waals surface area contributed by atoms with E-state index in [-0.39, 0.29) is 0 Å². The number of ether oxygens (including phenoxy) is 1. The van der Waals surface area contributed by atoms with E-state index in [4.69, 9.17) is 4.74 Å². The fourth-order valence-electron chi connectivity index (χ4n) is 2.63. The summed E-state index contributed by atoms with van der Waals surface area (Å²) < 4.78 is 5.14. The minimum absolute atomic E-state index is 0.716. The van der Waals surface area contributed by atoms with Gasteiger partial charge in [-0.3, -0.25) is 0 Å². The van der Waals surface area contributed by atoms with E-state index in [2.05, 4.69) is 10.6 Å². The predicted octanol–water partition coefficient (Wildman–Crippen LogP) is -0.0256. The quantitative estimate of drug-likeness (QED) is 0.643. The highest BCUT2D eigenvalue weighted by Gasteiger charge is 2.48. The zero-order valence-corrected chi connectivity index (χ0v) is 8.01. The Labute approximate surface area is 79.2 Å². The summed E-state index contributed by atoms with van der Waals surface area (Å²) in [6.45, 7) is 5.66. The third-order valence-corrected chi connectivity index (χ3v) is 3.76. The first-order chi connectivity index (χ1) is 6.36. The van der Waals surface area contributed by atoms with Gasteiger partial charge in [-0.15, -0.1) is 0 Å². The van der Waals surface area contributed by atoms with Crippen LogP contribution in [0, 0.1) is 11.3 Å². The Hall–Kier alpha value is -0.120. The second-order valence-corrected chi connectivity index (χ2v) is 5.02. The lowest BCUT2D eigenvalue weighted by Crippen LogP contribution is -2.65. The molecule has 3 rings (SSSR count). The molecule has 0 unspecified atom stereocenters. The van der Waals surface area contributed by atoms with Gasteiger partial charge in [-0.05, 0) is 18.3 Å². The summed E-state index contributed by atoms with van der Waals surface area (Å²) >= 11 is 0. The van der Waals surface area contributed by atoms with Crippen LogP contribution in [0.1, 0.15) is 12.8 Å². The van der Waals surface area contributed by atoms with Crippen molar-refractivity contribution in [3.05, 3.63) is 0 Å². The van der Waals surface area contributed by atoms with Gasteiger partial charge in [-0.25, -0.2) is 0 Å². The van der Waals surface area contributed by atoms with E-state index >= 15 is 0 Å². The molecule has 3 nitrogen and oxygen atoms in total. The lowest BCUT2D eigenvalue weighted by atomic mass is 9.61. The van der Waals surface area contributed by atoms with Crippen LogP contribution in [-0.4, -0.2) is 38.9 Å². The minimum atomic E-state index is 0.716. The molecule has 2 N–H and O–H groups in total. The van der Waals surface area contributed by atoms with E-state index < -0.39 is 0 Å². The Bertz CT molecular complexity index is 191. The molecular weight excluding hydrogens is 164 g/mol. The molecule has 0 radical (unpaired) electrons. The van der Waals surface area contributed by atoms with Gasteiger partial charge in [0.05, 0.1) is 13.2 Å². The SMILES string of the molecule is C(NC1CC2(CNC2)C1)C1COC1. The second kappa shape index (κ2) is 2.94. The predicted molar refractivity (Wildman–Crippen MR) is 50.6 cm³/mol. The van der Waals surface area contributed by atoms with Crippen LogP contribution in [0.2, 0.25) is 0 Å². The molecule has 2 saturated heterocycles. The molecule has 2 aliphatic heterocycles. The molecule has 0 aromatic heterocycles. The molecular formula is C10H18N2O. The maximum absolute atomic E-state index is 5.14. The van der Waals surface area contributed by atoms with E-state index in [0.717, 1.165) is 25.2 Å². The van der Waals surface area contributed by atoms with Gasteiger partial charge in [0.2, 0.25) is 0 Å². The lowest BCUT2D eigenvalue weighted by Gasteiger charge is -2.55. The fraction of sp³-hybridized carbons (Fsp3) is 1.00. The van der Waals surface area contributed by atoms with Crippen molar-refractivity contribution in [1.29, 1.82) is 0 Å². The molecule has 0 aromatic rings. The molecule has 0 aromatic carbocycles. The molecule has 3 heteroatoms. The first-order valence-electron chi connectivity index (χ1n) is 5.38. The zero-order chi connectivity index (χ0) is 8.73. The van der Waals surface area contributed by atoms with Gasteiger partial charge in [0.1, 0.15) is 0 Å². The first-order valence-corrected chi connectivity index (χ1v) is 5.38. The molecule has 0 amide bonds. The fourth-order valence-corrected chi connectivity index (χ4v) is 2.63. The summed E-state index contributed by atoms with van der Waals surface area (Å²) in [5, 5.41) is 7.00. The zero-order valence-electron chi connectivity index (χ0n) is 8.01. The van der Waals surface area contributed by atoms with Crippen molar-refractivity contribution < 1.29 is 4.74 Å². The first kappa shape index (κ1) is 8.21. The Kier molecular flexibility index (Phi) is 1.86. The standard InChI is InChI=1S/C10H18N2O/c1-9(2-10(1)6-11-7-10)12-3-8-4-13-5-8/h8-9,11-12H,1-7H2. The average Bonchev–Trinajstić information content (AvgIpc) is 1.85. The Morgan fingerprint density at radius 3 is 2.54 bits per heavy atom. The van der Waals surface area contributed by atoms with Gasteiger partial charge >= 0.3 is 0 Å². The van der Waals surface area contributed by atoms with Crippen molar-refractivity contribution in [2.45, 2.75) is 18.9 Å². The summed E-state index contributed by atoms with van der Waals surface area (Å²) in [6.07, 6.45) is 2.79. The molecule has 1 aliphatic carbocycles. The Morgan fingerprint density at radius 2 is 2.08 bits per heavy atom. The van der Waals surface area contributed by atoms with Gasteiger partial charge in [0, 0.05) is 31.6 Å². The molecule has 1 saturated carbocycles. The Balaban J connectivity index is 1.34. The van der Waals surface area contributed by atoms with Gasteiger partial charge in [-0.1, -0.05) is 0 Å². The van der Waals surface area contributed by atoms with Crippen molar-refractivity contribution >= 4 is 0 Å². The van der Waals surface area contributed by atoms with E-state index in [9.17, 15) is 0 Å². The van der Waals surface area contributed by atoms with Gasteiger partial charge < -0.3 is 15.4 Å². The summed E-state index contributed by atoms with van der Waals surface area (Å²) in [5.74, 6) is 0.802. The third-order valence-electron chi connectivity index (χ3n) is 3.76. The van der Waals surface area contributed by atoms with Crippen LogP contribution in [-0.2, 0) is 4.74 Å². The largest absolute Gasteiger partial charge is 0.381 e. The van der Waals surface area contributed by atoms with Crippen molar-refractivity contribution in [3.63, 3.8) is 0 Å². The van der Waals surface area contributed by atoms with Crippen molar-refractivity contribution in [3.8, 4) is 0 Å². The Morgan fingerprint density at radius 1 is 1.31 bits per heavy atom.